The van der Waals surface area contributed by atoms with Gasteiger partial charge in [0.1, 0.15) is 12.4 Å². The lowest BCUT2D eigenvalue weighted by atomic mass is 10.1. The van der Waals surface area contributed by atoms with Crippen molar-refractivity contribution in [3.8, 4) is 5.75 Å². The lowest BCUT2D eigenvalue weighted by Gasteiger charge is -2.18. The van der Waals surface area contributed by atoms with E-state index in [0.717, 1.165) is 41.5 Å². The highest BCUT2D eigenvalue weighted by Gasteiger charge is 2.14. The van der Waals surface area contributed by atoms with Crippen LogP contribution < -0.4 is 15.4 Å². The van der Waals surface area contributed by atoms with Gasteiger partial charge >= 0.3 is 0 Å². The molecule has 0 aliphatic heterocycles. The van der Waals surface area contributed by atoms with Crippen LogP contribution in [-0.2, 0) is 26.6 Å². The Hall–Kier alpha value is -2.55. The minimum absolute atomic E-state index is 0. The van der Waals surface area contributed by atoms with E-state index in [1.54, 1.807) is 0 Å². The van der Waals surface area contributed by atoms with Crippen molar-refractivity contribution in [3.63, 3.8) is 0 Å². The summed E-state index contributed by atoms with van der Waals surface area (Å²) < 4.78 is 7.77. The van der Waals surface area contributed by atoms with Crippen LogP contribution in [0.25, 0.3) is 0 Å². The molecular weight excluding hydrogens is 525 g/mol. The minimum Gasteiger partial charge on any atom is -0.489 e. The summed E-state index contributed by atoms with van der Waals surface area (Å²) in [6, 6.07) is 18.6. The third-order valence-electron chi connectivity index (χ3n) is 5.49. The lowest BCUT2D eigenvalue weighted by molar-refractivity contribution is 0.306. The molecule has 3 rings (SSSR count). The molecule has 33 heavy (non-hydrogen) atoms. The van der Waals surface area contributed by atoms with Crippen molar-refractivity contribution >= 4 is 29.9 Å². The van der Waals surface area contributed by atoms with Crippen LogP contribution in [-0.4, -0.2) is 28.3 Å². The lowest BCUT2D eigenvalue weighted by Crippen LogP contribution is -2.43. The third-order valence-corrected chi connectivity index (χ3v) is 5.49. The number of hydrogen-bond donors (Lipinski definition) is 2. The maximum atomic E-state index is 5.82. The molecule has 6 nitrogen and oxygen atoms in total. The first-order valence-electron chi connectivity index (χ1n) is 11.3. The van der Waals surface area contributed by atoms with Gasteiger partial charge in [-0.05, 0) is 62.9 Å². The second kappa shape index (κ2) is 13.2. The van der Waals surface area contributed by atoms with Gasteiger partial charge in [-0.2, -0.15) is 5.10 Å². The average Bonchev–Trinajstić information content (AvgIpc) is 3.03. The minimum atomic E-state index is 0. The maximum Gasteiger partial charge on any atom is 0.191 e. The number of nitrogens with one attached hydrogen (secondary N) is 2. The Morgan fingerprint density at radius 3 is 2.33 bits per heavy atom. The molecule has 0 radical (unpaired) electrons. The number of aliphatic imine (C=N–C) groups is 1. The van der Waals surface area contributed by atoms with E-state index in [9.17, 15) is 0 Å². The van der Waals surface area contributed by atoms with Gasteiger partial charge in [0.05, 0.1) is 12.2 Å². The number of guanidine groups is 1. The fourth-order valence-corrected chi connectivity index (χ4v) is 3.62. The zero-order valence-corrected chi connectivity index (χ0v) is 22.6. The average molecular weight is 562 g/mol. The van der Waals surface area contributed by atoms with Crippen molar-refractivity contribution in [1.29, 1.82) is 0 Å². The maximum absolute atomic E-state index is 5.82. The molecule has 1 atom stereocenters. The van der Waals surface area contributed by atoms with Gasteiger partial charge in [0, 0.05) is 25.3 Å². The number of aryl methyl sites for hydroxylation is 2. The Morgan fingerprint density at radius 2 is 1.73 bits per heavy atom. The van der Waals surface area contributed by atoms with Crippen LogP contribution in [0.1, 0.15) is 41.9 Å². The Labute approximate surface area is 214 Å². The standard InChI is InChI=1S/C26H35N5O.HI/c1-6-27-26(29-19(2)16-25-20(3)30-31(5)21(25)4)28-17-22-12-14-23(15-13-22)18-32-24-10-8-7-9-11-24;/h7-15,19H,6,16-18H2,1-5H3,(H2,27,28,29);1H. The van der Waals surface area contributed by atoms with Crippen molar-refractivity contribution in [2.75, 3.05) is 6.54 Å². The molecule has 1 heterocycles. The van der Waals surface area contributed by atoms with Crippen molar-refractivity contribution in [2.45, 2.75) is 53.3 Å². The Bertz CT molecular complexity index is 1020. The number of aromatic nitrogens is 2. The molecule has 0 saturated carbocycles. The van der Waals surface area contributed by atoms with E-state index in [4.69, 9.17) is 9.73 Å². The zero-order valence-electron chi connectivity index (χ0n) is 20.3. The van der Waals surface area contributed by atoms with Crippen LogP contribution in [0, 0.1) is 13.8 Å². The molecule has 2 aromatic carbocycles. The number of hydrogen-bond acceptors (Lipinski definition) is 3. The highest BCUT2D eigenvalue weighted by Crippen LogP contribution is 2.15. The summed E-state index contributed by atoms with van der Waals surface area (Å²) in [6.45, 7) is 10.5. The summed E-state index contributed by atoms with van der Waals surface area (Å²) in [6.07, 6.45) is 0.909. The molecule has 0 aliphatic carbocycles. The molecule has 3 aromatic rings. The van der Waals surface area contributed by atoms with Gasteiger partial charge in [-0.25, -0.2) is 4.99 Å². The van der Waals surface area contributed by atoms with E-state index < -0.39 is 0 Å². The predicted octanol–water partition coefficient (Wildman–Crippen LogP) is 4.92. The normalized spacial score (nSPS) is 12.1. The molecule has 0 amide bonds. The van der Waals surface area contributed by atoms with Gasteiger partial charge in [0.15, 0.2) is 5.96 Å². The molecule has 0 fully saturated rings. The first-order valence-corrected chi connectivity index (χ1v) is 11.3. The number of para-hydroxylation sites is 1. The largest absolute Gasteiger partial charge is 0.489 e. The van der Waals surface area contributed by atoms with Crippen molar-refractivity contribution < 1.29 is 4.74 Å². The molecule has 0 saturated heterocycles. The Balaban J connectivity index is 0.00000385. The van der Waals surface area contributed by atoms with Crippen LogP contribution in [0.3, 0.4) is 0 Å². The van der Waals surface area contributed by atoms with E-state index in [1.165, 1.54) is 11.3 Å². The van der Waals surface area contributed by atoms with E-state index in [2.05, 4.69) is 67.7 Å². The second-order valence-electron chi connectivity index (χ2n) is 8.14. The van der Waals surface area contributed by atoms with E-state index in [0.29, 0.717) is 13.2 Å². The number of benzene rings is 2. The Kier molecular flexibility index (Phi) is 10.7. The van der Waals surface area contributed by atoms with Crippen LogP contribution in [0.15, 0.2) is 59.6 Å². The fraction of sp³-hybridized carbons (Fsp3) is 0.385. The summed E-state index contributed by atoms with van der Waals surface area (Å²) >= 11 is 0. The number of nitrogens with zero attached hydrogens (tertiary/aromatic N) is 3. The van der Waals surface area contributed by atoms with Crippen LogP contribution >= 0.6 is 24.0 Å². The second-order valence-corrected chi connectivity index (χ2v) is 8.14. The van der Waals surface area contributed by atoms with E-state index in [1.807, 2.05) is 42.1 Å². The fourth-order valence-electron chi connectivity index (χ4n) is 3.62. The summed E-state index contributed by atoms with van der Waals surface area (Å²) in [5.41, 5.74) is 5.92. The van der Waals surface area contributed by atoms with E-state index >= 15 is 0 Å². The SMILES string of the molecule is CCNC(=NCc1ccc(COc2ccccc2)cc1)NC(C)Cc1c(C)nn(C)c1C.I. The topological polar surface area (TPSA) is 63.5 Å². The molecule has 0 bridgehead atoms. The highest BCUT2D eigenvalue weighted by molar-refractivity contribution is 14.0. The van der Waals surface area contributed by atoms with Gasteiger partial charge in [-0.3, -0.25) is 4.68 Å². The third kappa shape index (κ3) is 8.07. The molecule has 178 valence electrons. The van der Waals surface area contributed by atoms with Crippen molar-refractivity contribution in [2.24, 2.45) is 12.0 Å². The summed E-state index contributed by atoms with van der Waals surface area (Å²) in [5, 5.41) is 11.4. The quantitative estimate of drug-likeness (QED) is 0.221. The van der Waals surface area contributed by atoms with Gasteiger partial charge in [-0.1, -0.05) is 42.5 Å². The van der Waals surface area contributed by atoms with Gasteiger partial charge < -0.3 is 15.4 Å². The monoisotopic (exact) mass is 561 g/mol. The van der Waals surface area contributed by atoms with Gasteiger partial charge in [0.25, 0.3) is 0 Å². The molecular formula is C26H36IN5O. The number of halogens is 1. The van der Waals surface area contributed by atoms with Gasteiger partial charge in [0.2, 0.25) is 0 Å². The number of ether oxygens (including phenoxy) is 1. The smallest absolute Gasteiger partial charge is 0.191 e. The Morgan fingerprint density at radius 1 is 1.06 bits per heavy atom. The predicted molar refractivity (Wildman–Crippen MR) is 146 cm³/mol. The van der Waals surface area contributed by atoms with Crippen LogP contribution in [0.2, 0.25) is 0 Å². The van der Waals surface area contributed by atoms with Gasteiger partial charge in [-0.15, -0.1) is 24.0 Å². The summed E-state index contributed by atoms with van der Waals surface area (Å²) in [4.78, 5) is 4.78. The summed E-state index contributed by atoms with van der Waals surface area (Å²) in [7, 11) is 1.99. The molecule has 1 unspecified atom stereocenters. The molecule has 2 N–H and O–H groups in total. The molecule has 1 aromatic heterocycles. The molecule has 7 heteroatoms. The van der Waals surface area contributed by atoms with E-state index in [-0.39, 0.29) is 30.0 Å². The van der Waals surface area contributed by atoms with Crippen LogP contribution in [0.5, 0.6) is 5.75 Å². The first kappa shape index (κ1) is 26.7. The van der Waals surface area contributed by atoms with Crippen LogP contribution in [0.4, 0.5) is 0 Å². The summed E-state index contributed by atoms with van der Waals surface area (Å²) in [5.74, 6) is 1.71. The van der Waals surface area contributed by atoms with Crippen molar-refractivity contribution in [1.82, 2.24) is 20.4 Å². The molecule has 0 aliphatic rings. The molecule has 0 spiro atoms. The zero-order chi connectivity index (χ0) is 22.9. The number of rotatable bonds is 9. The highest BCUT2D eigenvalue weighted by atomic mass is 127. The first-order chi connectivity index (χ1) is 15.5. The van der Waals surface area contributed by atoms with Crippen molar-refractivity contribution in [3.05, 3.63) is 82.7 Å².